The minimum absolute atomic E-state index is 0. The van der Waals surface area contributed by atoms with Gasteiger partial charge in [0, 0.05) is 13.0 Å². The van der Waals surface area contributed by atoms with Crippen LogP contribution in [0.3, 0.4) is 0 Å². The first-order valence-electron chi connectivity index (χ1n) is 8.86. The highest BCUT2D eigenvalue weighted by Gasteiger charge is 2.45. The molecule has 0 aliphatic carbocycles. The summed E-state index contributed by atoms with van der Waals surface area (Å²) in [6.07, 6.45) is 0.162. The predicted octanol–water partition coefficient (Wildman–Crippen LogP) is -0.187. The van der Waals surface area contributed by atoms with Gasteiger partial charge in [-0.05, 0) is 18.6 Å². The Morgan fingerprint density at radius 1 is 1.21 bits per heavy atom. The molecule has 2 heterocycles. The number of piperidine rings is 1. The Kier molecular flexibility index (Phi) is 7.43. The molecular weight excluding hydrogens is 404 g/mol. The molecule has 1 aromatic rings. The van der Waals surface area contributed by atoms with E-state index in [4.69, 9.17) is 10.5 Å². The van der Waals surface area contributed by atoms with E-state index in [1.54, 1.807) is 6.07 Å². The molecule has 11 heteroatoms. The van der Waals surface area contributed by atoms with Crippen LogP contribution >= 0.6 is 12.4 Å². The summed E-state index contributed by atoms with van der Waals surface area (Å²) < 4.78 is 5.15. The van der Waals surface area contributed by atoms with Crippen molar-refractivity contribution in [3.05, 3.63) is 29.3 Å². The Labute approximate surface area is 172 Å². The molecule has 0 spiro atoms. The molecular formula is C18H21ClN4O6. The quantitative estimate of drug-likeness (QED) is 0.406. The number of amides is 5. The molecule has 1 atom stereocenters. The van der Waals surface area contributed by atoms with Gasteiger partial charge < -0.3 is 15.8 Å². The van der Waals surface area contributed by atoms with Crippen molar-refractivity contribution in [3.63, 3.8) is 0 Å². The highest BCUT2D eigenvalue weighted by Crippen LogP contribution is 2.32. The van der Waals surface area contributed by atoms with Crippen molar-refractivity contribution in [2.24, 2.45) is 5.73 Å². The van der Waals surface area contributed by atoms with Gasteiger partial charge in [-0.2, -0.15) is 0 Å². The van der Waals surface area contributed by atoms with Gasteiger partial charge in [0.1, 0.15) is 6.04 Å². The first-order chi connectivity index (χ1) is 13.4. The maximum atomic E-state index is 12.9. The maximum absolute atomic E-state index is 12.9. The number of nitrogens with two attached hydrogens (primary N) is 1. The molecule has 0 aromatic heterocycles. The molecule has 1 saturated heterocycles. The third-order valence-electron chi connectivity index (χ3n) is 4.48. The molecule has 0 radical (unpaired) electrons. The first kappa shape index (κ1) is 22.5. The number of nitrogens with one attached hydrogen (secondary N) is 2. The lowest BCUT2D eigenvalue weighted by atomic mass is 10.0. The lowest BCUT2D eigenvalue weighted by Gasteiger charge is -2.27. The largest absolute Gasteiger partial charge is 0.380 e. The number of nitrogens with zero attached hydrogens (tertiary/aromatic N) is 1. The van der Waals surface area contributed by atoms with Gasteiger partial charge in [-0.1, -0.05) is 6.07 Å². The minimum Gasteiger partial charge on any atom is -0.380 e. The van der Waals surface area contributed by atoms with Crippen molar-refractivity contribution in [1.82, 2.24) is 10.2 Å². The second kappa shape index (κ2) is 9.59. The van der Waals surface area contributed by atoms with E-state index in [9.17, 15) is 24.0 Å². The SMILES string of the molecule is Cl.NCCOCCC(=O)Nc1cccc2c1C(=O)N(C1CCC(=O)NC1=O)C2=O. The average molecular weight is 425 g/mol. The zero-order chi connectivity index (χ0) is 20.3. The number of ether oxygens (including phenoxy) is 1. The van der Waals surface area contributed by atoms with E-state index in [0.29, 0.717) is 13.2 Å². The van der Waals surface area contributed by atoms with Gasteiger partial charge >= 0.3 is 0 Å². The summed E-state index contributed by atoms with van der Waals surface area (Å²) in [5.74, 6) is -2.82. The molecule has 3 rings (SSSR count). The summed E-state index contributed by atoms with van der Waals surface area (Å²) in [5.41, 5.74) is 5.63. The van der Waals surface area contributed by atoms with Gasteiger partial charge in [0.15, 0.2) is 0 Å². The number of benzene rings is 1. The van der Waals surface area contributed by atoms with E-state index in [0.717, 1.165) is 4.90 Å². The predicted molar refractivity (Wildman–Crippen MR) is 103 cm³/mol. The van der Waals surface area contributed by atoms with E-state index in [1.165, 1.54) is 12.1 Å². The lowest BCUT2D eigenvalue weighted by molar-refractivity contribution is -0.136. The summed E-state index contributed by atoms with van der Waals surface area (Å²) >= 11 is 0. The van der Waals surface area contributed by atoms with Crippen molar-refractivity contribution >= 4 is 47.6 Å². The van der Waals surface area contributed by atoms with Gasteiger partial charge in [0.2, 0.25) is 17.7 Å². The van der Waals surface area contributed by atoms with Crippen LogP contribution in [0, 0.1) is 0 Å². The Morgan fingerprint density at radius 2 is 1.97 bits per heavy atom. The van der Waals surface area contributed by atoms with Crippen LogP contribution in [0.2, 0.25) is 0 Å². The lowest BCUT2D eigenvalue weighted by Crippen LogP contribution is -2.54. The van der Waals surface area contributed by atoms with Crippen LogP contribution in [-0.2, 0) is 19.1 Å². The molecule has 10 nitrogen and oxygen atoms in total. The highest BCUT2D eigenvalue weighted by molar-refractivity contribution is 6.26. The molecule has 1 fully saturated rings. The topological polar surface area (TPSA) is 148 Å². The van der Waals surface area contributed by atoms with Crippen LogP contribution < -0.4 is 16.4 Å². The van der Waals surface area contributed by atoms with E-state index in [2.05, 4.69) is 10.6 Å². The maximum Gasteiger partial charge on any atom is 0.264 e. The van der Waals surface area contributed by atoms with Crippen LogP contribution in [0.15, 0.2) is 18.2 Å². The minimum atomic E-state index is -1.06. The molecule has 2 aliphatic heterocycles. The third-order valence-corrected chi connectivity index (χ3v) is 4.48. The van der Waals surface area contributed by atoms with Crippen molar-refractivity contribution in [1.29, 1.82) is 0 Å². The van der Waals surface area contributed by atoms with Gasteiger partial charge in [-0.15, -0.1) is 12.4 Å². The van der Waals surface area contributed by atoms with E-state index < -0.39 is 29.7 Å². The van der Waals surface area contributed by atoms with Gasteiger partial charge in [-0.3, -0.25) is 34.2 Å². The molecule has 2 aliphatic rings. The number of fused-ring (bicyclic) bond motifs is 1. The standard InChI is InChI=1S/C18H20N4O6.ClH/c19-7-9-28-8-6-14(24)20-11-3-1-2-10-15(11)18(27)22(17(10)26)12-4-5-13(23)21-16(12)25;/h1-3,12H,4-9,19H2,(H,20,24)(H,21,23,25);1H. The Balaban J connectivity index is 0.00000300. The molecule has 4 N–H and O–H groups in total. The first-order valence-corrected chi connectivity index (χ1v) is 8.86. The van der Waals surface area contributed by atoms with E-state index in [-0.39, 0.29) is 61.0 Å². The van der Waals surface area contributed by atoms with Gasteiger partial charge in [-0.25, -0.2) is 0 Å². The van der Waals surface area contributed by atoms with Crippen molar-refractivity contribution < 1.29 is 28.7 Å². The van der Waals surface area contributed by atoms with E-state index >= 15 is 0 Å². The fourth-order valence-electron chi connectivity index (χ4n) is 3.18. The molecule has 1 aromatic carbocycles. The molecule has 29 heavy (non-hydrogen) atoms. The Morgan fingerprint density at radius 3 is 2.66 bits per heavy atom. The number of hydrogen-bond donors (Lipinski definition) is 3. The molecule has 156 valence electrons. The zero-order valence-corrected chi connectivity index (χ0v) is 16.3. The van der Waals surface area contributed by atoms with E-state index in [1.807, 2.05) is 0 Å². The van der Waals surface area contributed by atoms with Crippen LogP contribution in [0.1, 0.15) is 40.0 Å². The number of rotatable bonds is 7. The van der Waals surface area contributed by atoms with Crippen LogP contribution in [0.25, 0.3) is 0 Å². The molecule has 0 bridgehead atoms. The van der Waals surface area contributed by atoms with Crippen molar-refractivity contribution in [3.8, 4) is 0 Å². The van der Waals surface area contributed by atoms with Gasteiger partial charge in [0.25, 0.3) is 11.8 Å². The number of halogens is 1. The highest BCUT2D eigenvalue weighted by atomic mass is 35.5. The smallest absolute Gasteiger partial charge is 0.264 e. The molecule has 1 unspecified atom stereocenters. The van der Waals surface area contributed by atoms with Crippen molar-refractivity contribution in [2.75, 3.05) is 25.1 Å². The van der Waals surface area contributed by atoms with Crippen molar-refractivity contribution in [2.45, 2.75) is 25.3 Å². The Bertz CT molecular complexity index is 859. The fraction of sp³-hybridized carbons (Fsp3) is 0.389. The number of hydrogen-bond acceptors (Lipinski definition) is 7. The summed E-state index contributed by atoms with van der Waals surface area (Å²) in [4.78, 5) is 62.0. The second-order valence-corrected chi connectivity index (χ2v) is 6.37. The summed E-state index contributed by atoms with van der Waals surface area (Å²) in [6.45, 7) is 0.857. The normalized spacial score (nSPS) is 18.2. The zero-order valence-electron chi connectivity index (χ0n) is 15.4. The number of carbonyl (C=O) groups is 5. The summed E-state index contributed by atoms with van der Waals surface area (Å²) in [6, 6.07) is 3.45. The summed E-state index contributed by atoms with van der Waals surface area (Å²) in [5, 5.41) is 4.75. The van der Waals surface area contributed by atoms with Crippen LogP contribution in [0.5, 0.6) is 0 Å². The third kappa shape index (κ3) is 4.61. The van der Waals surface area contributed by atoms with Crippen LogP contribution in [-0.4, -0.2) is 60.2 Å². The Hall–Kier alpha value is -2.82. The summed E-state index contributed by atoms with van der Waals surface area (Å²) in [7, 11) is 0. The number of carbonyl (C=O) groups excluding carboxylic acids is 5. The second-order valence-electron chi connectivity index (χ2n) is 6.37. The monoisotopic (exact) mass is 424 g/mol. The van der Waals surface area contributed by atoms with Gasteiger partial charge in [0.05, 0.1) is 36.4 Å². The molecule has 0 saturated carbocycles. The number of imide groups is 2. The average Bonchev–Trinajstić information content (AvgIpc) is 2.91. The van der Waals surface area contributed by atoms with Crippen LogP contribution in [0.4, 0.5) is 5.69 Å². The molecule has 5 amide bonds. The number of anilines is 1. The fourth-order valence-corrected chi connectivity index (χ4v) is 3.18.